The molecule has 1 saturated heterocycles. The van der Waals surface area contributed by atoms with Crippen molar-refractivity contribution < 1.29 is 4.79 Å². The lowest BCUT2D eigenvalue weighted by Crippen LogP contribution is -2.37. The molecule has 3 nitrogen and oxygen atoms in total. The molecule has 0 spiro atoms. The highest BCUT2D eigenvalue weighted by Gasteiger charge is 2.19. The number of nitrogens with zero attached hydrogens (tertiary/aromatic N) is 1. The van der Waals surface area contributed by atoms with E-state index in [1.807, 2.05) is 0 Å². The van der Waals surface area contributed by atoms with Gasteiger partial charge in [0.05, 0.1) is 0 Å². The van der Waals surface area contributed by atoms with Gasteiger partial charge in [-0.2, -0.15) is 0 Å². The molecule has 0 aromatic rings. The summed E-state index contributed by atoms with van der Waals surface area (Å²) in [6.07, 6.45) is 7.18. The number of amides is 1. The Labute approximate surface area is 112 Å². The SMILES string of the molecule is CC/C=C(\C)CN1CCCC(CCNC(C)=O)C1. The molecule has 1 aliphatic rings. The molecule has 1 aliphatic heterocycles. The van der Waals surface area contributed by atoms with Crippen molar-refractivity contribution in [2.45, 2.75) is 46.5 Å². The van der Waals surface area contributed by atoms with E-state index in [0.717, 1.165) is 31.8 Å². The van der Waals surface area contributed by atoms with Gasteiger partial charge < -0.3 is 5.32 Å². The molecule has 0 saturated carbocycles. The first-order valence-corrected chi connectivity index (χ1v) is 7.24. The minimum atomic E-state index is 0.0874. The van der Waals surface area contributed by atoms with Crippen molar-refractivity contribution in [3.05, 3.63) is 11.6 Å². The van der Waals surface area contributed by atoms with Crippen LogP contribution in [0.25, 0.3) is 0 Å². The number of rotatable bonds is 6. The highest BCUT2D eigenvalue weighted by molar-refractivity contribution is 5.72. The molecule has 0 radical (unpaired) electrons. The first-order valence-electron chi connectivity index (χ1n) is 7.24. The van der Waals surface area contributed by atoms with Crippen LogP contribution in [0.2, 0.25) is 0 Å². The predicted molar refractivity (Wildman–Crippen MR) is 76.5 cm³/mol. The van der Waals surface area contributed by atoms with Crippen molar-refractivity contribution in [1.29, 1.82) is 0 Å². The average Bonchev–Trinajstić information content (AvgIpc) is 2.29. The molecule has 0 aromatic heterocycles. The molecule has 1 atom stereocenters. The quantitative estimate of drug-likeness (QED) is 0.737. The summed E-state index contributed by atoms with van der Waals surface area (Å²) in [6, 6.07) is 0. The summed E-state index contributed by atoms with van der Waals surface area (Å²) in [7, 11) is 0. The molecular weight excluding hydrogens is 224 g/mol. The number of hydrogen-bond acceptors (Lipinski definition) is 2. The lowest BCUT2D eigenvalue weighted by atomic mass is 9.94. The van der Waals surface area contributed by atoms with Gasteiger partial charge in [0.1, 0.15) is 0 Å². The number of nitrogens with one attached hydrogen (secondary N) is 1. The van der Waals surface area contributed by atoms with Crippen LogP contribution in [-0.4, -0.2) is 37.0 Å². The zero-order chi connectivity index (χ0) is 13.4. The summed E-state index contributed by atoms with van der Waals surface area (Å²) in [4.78, 5) is 13.4. The Morgan fingerprint density at radius 2 is 2.22 bits per heavy atom. The van der Waals surface area contributed by atoms with Crippen LogP contribution < -0.4 is 5.32 Å². The van der Waals surface area contributed by atoms with Gasteiger partial charge in [-0.25, -0.2) is 0 Å². The number of hydrogen-bond donors (Lipinski definition) is 1. The van der Waals surface area contributed by atoms with Crippen molar-refractivity contribution >= 4 is 5.91 Å². The molecule has 1 rings (SSSR count). The first-order chi connectivity index (χ1) is 8.61. The van der Waals surface area contributed by atoms with Crippen LogP contribution in [0.1, 0.15) is 46.5 Å². The molecule has 104 valence electrons. The van der Waals surface area contributed by atoms with E-state index in [9.17, 15) is 4.79 Å². The average molecular weight is 252 g/mol. The summed E-state index contributed by atoms with van der Waals surface area (Å²) in [5, 5.41) is 2.90. The van der Waals surface area contributed by atoms with Crippen LogP contribution in [0.15, 0.2) is 11.6 Å². The van der Waals surface area contributed by atoms with Crippen molar-refractivity contribution in [1.82, 2.24) is 10.2 Å². The molecule has 1 amide bonds. The van der Waals surface area contributed by atoms with E-state index in [-0.39, 0.29) is 5.91 Å². The van der Waals surface area contributed by atoms with E-state index >= 15 is 0 Å². The molecular formula is C15H28N2O. The first kappa shape index (κ1) is 15.2. The third-order valence-corrected chi connectivity index (χ3v) is 3.56. The van der Waals surface area contributed by atoms with Crippen LogP contribution in [0, 0.1) is 5.92 Å². The van der Waals surface area contributed by atoms with E-state index in [4.69, 9.17) is 0 Å². The third-order valence-electron chi connectivity index (χ3n) is 3.56. The Morgan fingerprint density at radius 3 is 2.89 bits per heavy atom. The molecule has 1 unspecified atom stereocenters. The maximum Gasteiger partial charge on any atom is 0.216 e. The third kappa shape index (κ3) is 6.20. The Bertz CT molecular complexity index is 286. The maximum absolute atomic E-state index is 10.8. The molecule has 1 fully saturated rings. The second-order valence-corrected chi connectivity index (χ2v) is 5.47. The van der Waals surface area contributed by atoms with Gasteiger partial charge in [0, 0.05) is 26.6 Å². The standard InChI is InChI=1S/C15H28N2O/c1-4-6-13(2)11-17-10-5-7-15(12-17)8-9-16-14(3)18/h6,15H,4-5,7-12H2,1-3H3,(H,16,18)/b13-6+. The number of carbonyl (C=O) groups is 1. The molecule has 18 heavy (non-hydrogen) atoms. The van der Waals surface area contributed by atoms with Crippen molar-refractivity contribution in [3.8, 4) is 0 Å². The minimum Gasteiger partial charge on any atom is -0.356 e. The molecule has 0 aliphatic carbocycles. The van der Waals surface area contributed by atoms with Crippen molar-refractivity contribution in [2.75, 3.05) is 26.2 Å². The van der Waals surface area contributed by atoms with E-state index in [1.54, 1.807) is 6.92 Å². The van der Waals surface area contributed by atoms with Gasteiger partial charge >= 0.3 is 0 Å². The van der Waals surface area contributed by atoms with Crippen LogP contribution in [-0.2, 0) is 4.79 Å². The molecule has 0 aromatic carbocycles. The van der Waals surface area contributed by atoms with E-state index in [0.29, 0.717) is 0 Å². The molecule has 1 N–H and O–H groups in total. The Morgan fingerprint density at radius 1 is 1.44 bits per heavy atom. The Kier molecular flexibility index (Phi) is 7.02. The topological polar surface area (TPSA) is 32.3 Å². The van der Waals surface area contributed by atoms with Gasteiger partial charge in [0.2, 0.25) is 5.91 Å². The fourth-order valence-corrected chi connectivity index (χ4v) is 2.75. The van der Waals surface area contributed by atoms with Crippen LogP contribution >= 0.6 is 0 Å². The van der Waals surface area contributed by atoms with Gasteiger partial charge in [-0.3, -0.25) is 9.69 Å². The summed E-state index contributed by atoms with van der Waals surface area (Å²) in [6.45, 7) is 10.4. The van der Waals surface area contributed by atoms with Crippen LogP contribution in [0.3, 0.4) is 0 Å². The van der Waals surface area contributed by atoms with Crippen molar-refractivity contribution in [2.24, 2.45) is 5.92 Å². The fourth-order valence-electron chi connectivity index (χ4n) is 2.75. The monoisotopic (exact) mass is 252 g/mol. The van der Waals surface area contributed by atoms with Gasteiger partial charge in [-0.15, -0.1) is 0 Å². The van der Waals surface area contributed by atoms with E-state index in [2.05, 4.69) is 30.1 Å². The second-order valence-electron chi connectivity index (χ2n) is 5.47. The van der Waals surface area contributed by atoms with E-state index < -0.39 is 0 Å². The highest BCUT2D eigenvalue weighted by Crippen LogP contribution is 2.19. The van der Waals surface area contributed by atoms with Gasteiger partial charge in [0.25, 0.3) is 0 Å². The lowest BCUT2D eigenvalue weighted by Gasteiger charge is -2.33. The normalized spacial score (nSPS) is 21.9. The largest absolute Gasteiger partial charge is 0.356 e. The zero-order valence-electron chi connectivity index (χ0n) is 12.2. The summed E-state index contributed by atoms with van der Waals surface area (Å²) in [5.41, 5.74) is 1.49. The number of likely N-dealkylation sites (tertiary alicyclic amines) is 1. The number of carbonyl (C=O) groups excluding carboxylic acids is 1. The number of piperidine rings is 1. The van der Waals surface area contributed by atoms with Gasteiger partial charge in [-0.05, 0) is 45.1 Å². The zero-order valence-corrected chi connectivity index (χ0v) is 12.2. The number of allylic oxidation sites excluding steroid dienone is 1. The predicted octanol–water partition coefficient (Wildman–Crippen LogP) is 2.58. The molecule has 0 bridgehead atoms. The summed E-state index contributed by atoms with van der Waals surface area (Å²) in [5.74, 6) is 0.837. The Balaban J connectivity index is 2.27. The summed E-state index contributed by atoms with van der Waals surface area (Å²) < 4.78 is 0. The highest BCUT2D eigenvalue weighted by atomic mass is 16.1. The molecule has 1 heterocycles. The van der Waals surface area contributed by atoms with Crippen LogP contribution in [0.4, 0.5) is 0 Å². The van der Waals surface area contributed by atoms with E-state index in [1.165, 1.54) is 31.5 Å². The Hall–Kier alpha value is -0.830. The smallest absolute Gasteiger partial charge is 0.216 e. The lowest BCUT2D eigenvalue weighted by molar-refractivity contribution is -0.119. The van der Waals surface area contributed by atoms with Gasteiger partial charge in [-0.1, -0.05) is 18.6 Å². The molecule has 3 heteroatoms. The van der Waals surface area contributed by atoms with Crippen molar-refractivity contribution in [3.63, 3.8) is 0 Å². The van der Waals surface area contributed by atoms with Crippen LogP contribution in [0.5, 0.6) is 0 Å². The fraction of sp³-hybridized carbons (Fsp3) is 0.800. The maximum atomic E-state index is 10.8. The summed E-state index contributed by atoms with van der Waals surface area (Å²) >= 11 is 0. The second kappa shape index (κ2) is 8.30. The van der Waals surface area contributed by atoms with Gasteiger partial charge in [0.15, 0.2) is 0 Å². The minimum absolute atomic E-state index is 0.0874.